The van der Waals surface area contributed by atoms with Gasteiger partial charge in [-0.15, -0.1) is 0 Å². The zero-order valence-corrected chi connectivity index (χ0v) is 15.6. The SMILES string of the molecule is O=C1NC(=O)c2cc(Nc3ccc(Oc4ccc(I)cc4)cc3)ccc21. The molecule has 0 aliphatic carbocycles. The molecule has 0 atom stereocenters. The number of fused-ring (bicyclic) bond motifs is 1. The molecule has 0 saturated heterocycles. The van der Waals surface area contributed by atoms with E-state index in [9.17, 15) is 9.59 Å². The topological polar surface area (TPSA) is 67.4 Å². The Kier molecular flexibility index (Phi) is 4.34. The van der Waals surface area contributed by atoms with Gasteiger partial charge in [-0.25, -0.2) is 0 Å². The summed E-state index contributed by atoms with van der Waals surface area (Å²) in [5.41, 5.74) is 2.38. The summed E-state index contributed by atoms with van der Waals surface area (Å²) < 4.78 is 6.96. The number of amides is 2. The molecule has 1 heterocycles. The summed E-state index contributed by atoms with van der Waals surface area (Å²) in [5.74, 6) is 0.791. The van der Waals surface area contributed by atoms with Crippen molar-refractivity contribution in [2.75, 3.05) is 5.32 Å². The Balaban J connectivity index is 1.48. The van der Waals surface area contributed by atoms with E-state index >= 15 is 0 Å². The van der Waals surface area contributed by atoms with Crippen LogP contribution in [-0.4, -0.2) is 11.8 Å². The number of nitrogens with one attached hydrogen (secondary N) is 2. The molecule has 5 nitrogen and oxygen atoms in total. The first-order valence-corrected chi connectivity index (χ1v) is 8.96. The number of benzene rings is 3. The molecule has 1 aliphatic rings. The summed E-state index contributed by atoms with van der Waals surface area (Å²) in [6, 6.07) is 20.4. The predicted octanol–water partition coefficient (Wildman–Crippen LogP) is 4.71. The van der Waals surface area contributed by atoms with Crippen LogP contribution in [0.5, 0.6) is 11.5 Å². The van der Waals surface area contributed by atoms with Gasteiger partial charge in [0.25, 0.3) is 11.8 Å². The summed E-state index contributed by atoms with van der Waals surface area (Å²) in [6.07, 6.45) is 0. The fraction of sp³-hybridized carbons (Fsp3) is 0. The number of carbonyl (C=O) groups is 2. The van der Waals surface area contributed by atoms with E-state index in [0.717, 1.165) is 26.4 Å². The average Bonchev–Trinajstić information content (AvgIpc) is 2.92. The van der Waals surface area contributed by atoms with Crippen molar-refractivity contribution >= 4 is 45.8 Å². The van der Waals surface area contributed by atoms with Crippen molar-refractivity contribution in [2.24, 2.45) is 0 Å². The van der Waals surface area contributed by atoms with Gasteiger partial charge in [0.2, 0.25) is 0 Å². The molecule has 1 aliphatic heterocycles. The first-order chi connectivity index (χ1) is 12.6. The van der Waals surface area contributed by atoms with Crippen molar-refractivity contribution in [1.82, 2.24) is 5.32 Å². The maximum atomic E-state index is 11.7. The Hall–Kier alpha value is -2.87. The number of imide groups is 1. The van der Waals surface area contributed by atoms with Crippen molar-refractivity contribution < 1.29 is 14.3 Å². The maximum absolute atomic E-state index is 11.7. The molecule has 3 aromatic rings. The Morgan fingerprint density at radius 2 is 1.31 bits per heavy atom. The number of halogens is 1. The molecule has 0 radical (unpaired) electrons. The molecular weight excluding hydrogens is 443 g/mol. The number of ether oxygens (including phenoxy) is 1. The lowest BCUT2D eigenvalue weighted by Crippen LogP contribution is -2.19. The third kappa shape index (κ3) is 3.41. The van der Waals surface area contributed by atoms with E-state index in [4.69, 9.17) is 4.74 Å². The first kappa shape index (κ1) is 16.6. The second kappa shape index (κ2) is 6.80. The van der Waals surface area contributed by atoms with Gasteiger partial charge in [-0.3, -0.25) is 14.9 Å². The lowest BCUT2D eigenvalue weighted by molar-refractivity contribution is 0.0879. The summed E-state index contributed by atoms with van der Waals surface area (Å²) in [5, 5.41) is 5.50. The standard InChI is InChI=1S/C20H13IN2O3/c21-12-1-6-15(7-2-12)26-16-8-3-13(4-9-16)22-14-5-10-17-18(11-14)20(25)23-19(17)24/h1-11,22H,(H,23,24,25). The van der Waals surface area contributed by atoms with Gasteiger partial charge < -0.3 is 10.1 Å². The molecule has 0 spiro atoms. The molecule has 2 amide bonds. The summed E-state index contributed by atoms with van der Waals surface area (Å²) >= 11 is 2.25. The van der Waals surface area contributed by atoms with E-state index in [1.807, 2.05) is 48.5 Å². The fourth-order valence-corrected chi connectivity index (χ4v) is 3.02. The molecule has 128 valence electrons. The van der Waals surface area contributed by atoms with Gasteiger partial charge in [-0.1, -0.05) is 0 Å². The van der Waals surface area contributed by atoms with E-state index in [1.165, 1.54) is 0 Å². The van der Waals surface area contributed by atoms with Crippen LogP contribution < -0.4 is 15.4 Å². The number of carbonyl (C=O) groups excluding carboxylic acids is 2. The van der Waals surface area contributed by atoms with Crippen molar-refractivity contribution in [1.29, 1.82) is 0 Å². The monoisotopic (exact) mass is 456 g/mol. The number of anilines is 2. The molecule has 26 heavy (non-hydrogen) atoms. The van der Waals surface area contributed by atoms with Crippen LogP contribution in [0, 0.1) is 3.57 Å². The maximum Gasteiger partial charge on any atom is 0.259 e. The lowest BCUT2D eigenvalue weighted by Gasteiger charge is -2.09. The zero-order chi connectivity index (χ0) is 18.1. The van der Waals surface area contributed by atoms with Gasteiger partial charge in [0.05, 0.1) is 11.1 Å². The second-order valence-electron chi connectivity index (χ2n) is 5.75. The zero-order valence-electron chi connectivity index (χ0n) is 13.5. The van der Waals surface area contributed by atoms with E-state index in [1.54, 1.807) is 18.2 Å². The van der Waals surface area contributed by atoms with Crippen LogP contribution in [0.3, 0.4) is 0 Å². The number of hydrogen-bond donors (Lipinski definition) is 2. The van der Waals surface area contributed by atoms with Gasteiger partial charge in [0, 0.05) is 14.9 Å². The smallest absolute Gasteiger partial charge is 0.259 e. The van der Waals surface area contributed by atoms with Crippen LogP contribution in [0.2, 0.25) is 0 Å². The summed E-state index contributed by atoms with van der Waals surface area (Å²) in [6.45, 7) is 0. The molecule has 6 heteroatoms. The quantitative estimate of drug-likeness (QED) is 0.441. The van der Waals surface area contributed by atoms with E-state index in [2.05, 4.69) is 33.2 Å². The Morgan fingerprint density at radius 1 is 0.731 bits per heavy atom. The van der Waals surface area contributed by atoms with Gasteiger partial charge in [-0.05, 0) is 89.3 Å². The minimum absolute atomic E-state index is 0.353. The Labute approximate surface area is 163 Å². The average molecular weight is 456 g/mol. The Morgan fingerprint density at radius 3 is 2.00 bits per heavy atom. The predicted molar refractivity (Wildman–Crippen MR) is 107 cm³/mol. The van der Waals surface area contributed by atoms with Gasteiger partial charge in [0.1, 0.15) is 11.5 Å². The normalized spacial score (nSPS) is 12.5. The van der Waals surface area contributed by atoms with Crippen LogP contribution in [0.4, 0.5) is 11.4 Å². The van der Waals surface area contributed by atoms with E-state index < -0.39 is 0 Å². The first-order valence-electron chi connectivity index (χ1n) is 7.89. The van der Waals surface area contributed by atoms with Gasteiger partial charge >= 0.3 is 0 Å². The molecule has 4 rings (SSSR count). The fourth-order valence-electron chi connectivity index (χ4n) is 2.66. The summed E-state index contributed by atoms with van der Waals surface area (Å²) in [7, 11) is 0. The Bertz CT molecular complexity index is 999. The molecule has 2 N–H and O–H groups in total. The van der Waals surface area contributed by atoms with Gasteiger partial charge in [-0.2, -0.15) is 0 Å². The van der Waals surface area contributed by atoms with Crippen molar-refractivity contribution in [3.63, 3.8) is 0 Å². The van der Waals surface area contributed by atoms with Crippen LogP contribution in [0.25, 0.3) is 0 Å². The van der Waals surface area contributed by atoms with Crippen LogP contribution >= 0.6 is 22.6 Å². The molecule has 0 unspecified atom stereocenters. The second-order valence-corrected chi connectivity index (χ2v) is 6.99. The number of rotatable bonds is 4. The van der Waals surface area contributed by atoms with Crippen LogP contribution in [0.1, 0.15) is 20.7 Å². The third-order valence-corrected chi connectivity index (χ3v) is 4.65. The van der Waals surface area contributed by atoms with Crippen molar-refractivity contribution in [3.05, 3.63) is 81.4 Å². The van der Waals surface area contributed by atoms with Gasteiger partial charge in [0.15, 0.2) is 0 Å². The molecule has 0 bridgehead atoms. The lowest BCUT2D eigenvalue weighted by atomic mass is 10.1. The molecular formula is C20H13IN2O3. The highest BCUT2D eigenvalue weighted by Crippen LogP contribution is 2.26. The van der Waals surface area contributed by atoms with Crippen molar-refractivity contribution in [3.8, 4) is 11.5 Å². The van der Waals surface area contributed by atoms with Crippen molar-refractivity contribution in [2.45, 2.75) is 0 Å². The summed E-state index contributed by atoms with van der Waals surface area (Å²) in [4.78, 5) is 23.3. The van der Waals surface area contributed by atoms with Crippen LogP contribution in [0.15, 0.2) is 66.7 Å². The highest BCUT2D eigenvalue weighted by atomic mass is 127. The molecule has 0 aromatic heterocycles. The van der Waals surface area contributed by atoms with E-state index in [-0.39, 0.29) is 11.8 Å². The number of hydrogen-bond acceptors (Lipinski definition) is 4. The van der Waals surface area contributed by atoms with E-state index in [0.29, 0.717) is 11.1 Å². The minimum Gasteiger partial charge on any atom is -0.457 e. The van der Waals surface area contributed by atoms with Crippen LogP contribution in [-0.2, 0) is 0 Å². The molecule has 0 fully saturated rings. The highest BCUT2D eigenvalue weighted by molar-refractivity contribution is 14.1. The third-order valence-electron chi connectivity index (χ3n) is 3.93. The molecule has 0 saturated carbocycles. The minimum atomic E-state index is -0.366. The molecule has 3 aromatic carbocycles. The highest BCUT2D eigenvalue weighted by Gasteiger charge is 2.26. The largest absolute Gasteiger partial charge is 0.457 e.